The van der Waals surface area contributed by atoms with Gasteiger partial charge in [-0.15, -0.1) is 0 Å². The van der Waals surface area contributed by atoms with Gasteiger partial charge >= 0.3 is 0 Å². The third-order valence-corrected chi connectivity index (χ3v) is 2.98. The molecule has 5 nitrogen and oxygen atoms in total. The van der Waals surface area contributed by atoms with Crippen LogP contribution in [0.2, 0.25) is 0 Å². The van der Waals surface area contributed by atoms with E-state index in [0.717, 1.165) is 19.3 Å². The maximum absolute atomic E-state index is 12.1. The van der Waals surface area contributed by atoms with E-state index in [1.807, 2.05) is 13.8 Å². The first kappa shape index (κ1) is 14.0. The number of hydrogen-bond acceptors (Lipinski definition) is 3. The summed E-state index contributed by atoms with van der Waals surface area (Å²) in [6.07, 6.45) is 2.98. The molecule has 0 bridgehead atoms. The lowest BCUT2D eigenvalue weighted by Crippen LogP contribution is -2.53. The minimum atomic E-state index is -0.526. The van der Waals surface area contributed by atoms with E-state index in [1.165, 1.54) is 0 Å². The number of carbonyl (C=O) groups is 2. The fourth-order valence-corrected chi connectivity index (χ4v) is 2.16. The standard InChI is InChI=1S/C12H23N3O2/c1-12(2,13)8-10(16)15-7-5-4-6-9(15)11(17)14-3/h9H,4-8,13H2,1-3H3,(H,14,17). The van der Waals surface area contributed by atoms with E-state index in [0.29, 0.717) is 6.54 Å². The lowest BCUT2D eigenvalue weighted by molar-refractivity contribution is -0.142. The lowest BCUT2D eigenvalue weighted by Gasteiger charge is -2.36. The fourth-order valence-electron chi connectivity index (χ4n) is 2.16. The van der Waals surface area contributed by atoms with Crippen molar-refractivity contribution in [2.24, 2.45) is 5.73 Å². The van der Waals surface area contributed by atoms with E-state index < -0.39 is 5.54 Å². The van der Waals surface area contributed by atoms with Crippen LogP contribution in [0.1, 0.15) is 39.5 Å². The molecule has 1 atom stereocenters. The van der Waals surface area contributed by atoms with Gasteiger partial charge in [-0.05, 0) is 33.1 Å². The predicted octanol–water partition coefficient (Wildman–Crippen LogP) is 0.241. The lowest BCUT2D eigenvalue weighted by atomic mass is 9.97. The Hall–Kier alpha value is -1.10. The monoisotopic (exact) mass is 241 g/mol. The van der Waals surface area contributed by atoms with Crippen molar-refractivity contribution in [2.45, 2.75) is 51.1 Å². The van der Waals surface area contributed by atoms with Crippen LogP contribution in [-0.2, 0) is 9.59 Å². The molecule has 1 fully saturated rings. The van der Waals surface area contributed by atoms with E-state index in [9.17, 15) is 9.59 Å². The first-order chi connectivity index (χ1) is 7.85. The molecule has 3 N–H and O–H groups in total. The van der Waals surface area contributed by atoms with Crippen molar-refractivity contribution in [3.8, 4) is 0 Å². The van der Waals surface area contributed by atoms with Crippen molar-refractivity contribution >= 4 is 11.8 Å². The molecule has 1 aliphatic rings. The smallest absolute Gasteiger partial charge is 0.242 e. The summed E-state index contributed by atoms with van der Waals surface area (Å²) >= 11 is 0. The summed E-state index contributed by atoms with van der Waals surface area (Å²) in [5, 5.41) is 2.62. The summed E-state index contributed by atoms with van der Waals surface area (Å²) in [5.41, 5.74) is 5.32. The number of nitrogens with zero attached hydrogens (tertiary/aromatic N) is 1. The summed E-state index contributed by atoms with van der Waals surface area (Å²) in [4.78, 5) is 25.5. The predicted molar refractivity (Wildman–Crippen MR) is 66.3 cm³/mol. The molecule has 1 saturated heterocycles. The molecule has 1 unspecified atom stereocenters. The summed E-state index contributed by atoms with van der Waals surface area (Å²) in [6.45, 7) is 4.31. The van der Waals surface area contributed by atoms with Gasteiger partial charge in [0.05, 0.1) is 0 Å². The Morgan fingerprint density at radius 2 is 2.06 bits per heavy atom. The highest BCUT2D eigenvalue weighted by Gasteiger charge is 2.32. The van der Waals surface area contributed by atoms with E-state index >= 15 is 0 Å². The molecule has 1 rings (SSSR count). The minimum Gasteiger partial charge on any atom is -0.357 e. The van der Waals surface area contributed by atoms with Gasteiger partial charge in [0.1, 0.15) is 6.04 Å². The zero-order chi connectivity index (χ0) is 13.1. The van der Waals surface area contributed by atoms with Gasteiger partial charge in [-0.1, -0.05) is 0 Å². The number of carbonyl (C=O) groups excluding carboxylic acids is 2. The molecule has 0 aromatic heterocycles. The molecule has 17 heavy (non-hydrogen) atoms. The van der Waals surface area contributed by atoms with E-state index in [-0.39, 0.29) is 24.3 Å². The van der Waals surface area contributed by atoms with E-state index in [2.05, 4.69) is 5.32 Å². The number of amides is 2. The average Bonchev–Trinajstić information content (AvgIpc) is 2.25. The van der Waals surface area contributed by atoms with E-state index in [1.54, 1.807) is 11.9 Å². The van der Waals surface area contributed by atoms with Crippen molar-refractivity contribution < 1.29 is 9.59 Å². The Bertz CT molecular complexity index is 297. The second kappa shape index (κ2) is 5.49. The molecule has 0 spiro atoms. The highest BCUT2D eigenvalue weighted by Crippen LogP contribution is 2.19. The molecule has 1 aliphatic heterocycles. The van der Waals surface area contributed by atoms with Crippen LogP contribution in [0.25, 0.3) is 0 Å². The highest BCUT2D eigenvalue weighted by molar-refractivity contribution is 5.88. The van der Waals surface area contributed by atoms with Crippen LogP contribution in [0, 0.1) is 0 Å². The Kier molecular flexibility index (Phi) is 4.51. The second-order valence-electron chi connectivity index (χ2n) is 5.38. The van der Waals surface area contributed by atoms with Crippen molar-refractivity contribution in [3.05, 3.63) is 0 Å². The summed E-state index contributed by atoms with van der Waals surface area (Å²) in [6, 6.07) is -0.316. The van der Waals surface area contributed by atoms with Crippen LogP contribution in [0.3, 0.4) is 0 Å². The van der Waals surface area contributed by atoms with Gasteiger partial charge in [-0.25, -0.2) is 0 Å². The third kappa shape index (κ3) is 4.00. The zero-order valence-electron chi connectivity index (χ0n) is 11.0. The fraction of sp³-hybridized carbons (Fsp3) is 0.833. The minimum absolute atomic E-state index is 0.0224. The van der Waals surface area contributed by atoms with Gasteiger partial charge in [0, 0.05) is 25.6 Å². The van der Waals surface area contributed by atoms with Crippen molar-refractivity contribution in [1.82, 2.24) is 10.2 Å². The summed E-state index contributed by atoms with van der Waals surface area (Å²) in [7, 11) is 1.60. The van der Waals surface area contributed by atoms with Crippen molar-refractivity contribution in [3.63, 3.8) is 0 Å². The average molecular weight is 241 g/mol. The van der Waals surface area contributed by atoms with Crippen LogP contribution in [0.5, 0.6) is 0 Å². The van der Waals surface area contributed by atoms with Crippen LogP contribution in [-0.4, -0.2) is 41.9 Å². The molecule has 1 heterocycles. The van der Waals surface area contributed by atoms with Gasteiger partial charge in [0.2, 0.25) is 11.8 Å². The zero-order valence-corrected chi connectivity index (χ0v) is 11.0. The van der Waals surface area contributed by atoms with E-state index in [4.69, 9.17) is 5.73 Å². The Labute approximate surface area is 103 Å². The maximum atomic E-state index is 12.1. The number of likely N-dealkylation sites (tertiary alicyclic amines) is 1. The number of likely N-dealkylation sites (N-methyl/N-ethyl adjacent to an activating group) is 1. The quantitative estimate of drug-likeness (QED) is 0.743. The first-order valence-electron chi connectivity index (χ1n) is 6.15. The first-order valence-corrected chi connectivity index (χ1v) is 6.15. The molecule has 0 aromatic carbocycles. The Morgan fingerprint density at radius 1 is 1.41 bits per heavy atom. The van der Waals surface area contributed by atoms with Crippen molar-refractivity contribution in [1.29, 1.82) is 0 Å². The molecule has 0 radical (unpaired) electrons. The van der Waals surface area contributed by atoms with Gasteiger partial charge in [0.15, 0.2) is 0 Å². The van der Waals surface area contributed by atoms with Crippen LogP contribution in [0.15, 0.2) is 0 Å². The highest BCUT2D eigenvalue weighted by atomic mass is 16.2. The number of piperidine rings is 1. The molecule has 0 saturated carbocycles. The van der Waals surface area contributed by atoms with Crippen LogP contribution < -0.4 is 11.1 Å². The molecule has 98 valence electrons. The molecular formula is C12H23N3O2. The van der Waals surface area contributed by atoms with Gasteiger partial charge in [-0.3, -0.25) is 9.59 Å². The largest absolute Gasteiger partial charge is 0.357 e. The van der Waals surface area contributed by atoms with Crippen LogP contribution in [0.4, 0.5) is 0 Å². The topological polar surface area (TPSA) is 75.4 Å². The molecule has 0 aromatic rings. The number of nitrogens with one attached hydrogen (secondary N) is 1. The molecule has 0 aliphatic carbocycles. The number of nitrogens with two attached hydrogens (primary N) is 1. The Balaban J connectivity index is 2.71. The summed E-state index contributed by atoms with van der Waals surface area (Å²) in [5.74, 6) is -0.0984. The van der Waals surface area contributed by atoms with Gasteiger partial charge in [-0.2, -0.15) is 0 Å². The molecule has 2 amide bonds. The normalized spacial score (nSPS) is 21.2. The van der Waals surface area contributed by atoms with Gasteiger partial charge < -0.3 is 16.0 Å². The molecular weight excluding hydrogens is 218 g/mol. The second-order valence-corrected chi connectivity index (χ2v) is 5.38. The third-order valence-electron chi connectivity index (χ3n) is 2.98. The molecule has 5 heteroatoms. The maximum Gasteiger partial charge on any atom is 0.242 e. The van der Waals surface area contributed by atoms with Crippen LogP contribution >= 0.6 is 0 Å². The number of rotatable bonds is 3. The van der Waals surface area contributed by atoms with Gasteiger partial charge in [0.25, 0.3) is 0 Å². The SMILES string of the molecule is CNC(=O)C1CCCCN1C(=O)CC(C)(C)N. The summed E-state index contributed by atoms with van der Waals surface area (Å²) < 4.78 is 0. The Morgan fingerprint density at radius 3 is 2.59 bits per heavy atom. The number of hydrogen-bond donors (Lipinski definition) is 2. The van der Waals surface area contributed by atoms with Crippen molar-refractivity contribution in [2.75, 3.05) is 13.6 Å².